The molecule has 0 heterocycles. The number of nitrogens with two attached hydrogens (primary N) is 1. The average Bonchev–Trinajstić information content (AvgIpc) is 2.44. The number of hydrogen-bond acceptors (Lipinski definition) is 2. The number of aryl methyl sites for hydroxylation is 1. The fourth-order valence-electron chi connectivity index (χ4n) is 1.95. The minimum atomic E-state index is -0.474. The summed E-state index contributed by atoms with van der Waals surface area (Å²) in [4.78, 5) is 12.3. The molecule has 3 nitrogen and oxygen atoms in total. The highest BCUT2D eigenvalue weighted by atomic mass is 16.2. The Morgan fingerprint density at radius 3 is 2.32 bits per heavy atom. The van der Waals surface area contributed by atoms with Gasteiger partial charge in [-0.15, -0.1) is 0 Å². The fourth-order valence-corrected chi connectivity index (χ4v) is 1.95. The zero-order chi connectivity index (χ0) is 14.5. The number of rotatable bonds is 6. The molecule has 0 saturated heterocycles. The van der Waals surface area contributed by atoms with Gasteiger partial charge in [-0.1, -0.05) is 43.7 Å². The summed E-state index contributed by atoms with van der Waals surface area (Å²) in [6, 6.07) is 8.37. The van der Waals surface area contributed by atoms with Crippen molar-refractivity contribution in [1.29, 1.82) is 0 Å². The second kappa shape index (κ2) is 6.71. The number of nitrogens with one attached hydrogen (secondary N) is 1. The van der Waals surface area contributed by atoms with Gasteiger partial charge in [0.1, 0.15) is 0 Å². The van der Waals surface area contributed by atoms with Crippen molar-refractivity contribution in [2.75, 3.05) is 6.54 Å². The second-order valence-electron chi connectivity index (χ2n) is 5.46. The molecule has 0 aromatic heterocycles. The van der Waals surface area contributed by atoms with E-state index in [2.05, 4.69) is 43.4 Å². The summed E-state index contributed by atoms with van der Waals surface area (Å²) in [7, 11) is 0. The lowest BCUT2D eigenvalue weighted by Crippen LogP contribution is -2.44. The molecule has 1 aromatic rings. The smallest absolute Gasteiger partial charge is 0.227 e. The SMILES string of the molecule is CCC(NC(=O)C(C)(CC)CN)c1ccc(C)cc1. The summed E-state index contributed by atoms with van der Waals surface area (Å²) in [5.74, 6) is 0.0462. The summed E-state index contributed by atoms with van der Waals surface area (Å²) >= 11 is 0. The van der Waals surface area contributed by atoms with Gasteiger partial charge in [0.15, 0.2) is 0 Å². The Balaban J connectivity index is 2.83. The third-order valence-corrected chi connectivity index (χ3v) is 3.97. The predicted octanol–water partition coefficient (Wildman–Crippen LogP) is 2.94. The largest absolute Gasteiger partial charge is 0.349 e. The molecule has 0 radical (unpaired) electrons. The minimum Gasteiger partial charge on any atom is -0.349 e. The normalized spacial score (nSPS) is 15.6. The first-order valence-corrected chi connectivity index (χ1v) is 7.04. The van der Waals surface area contributed by atoms with Crippen LogP contribution in [0.3, 0.4) is 0 Å². The topological polar surface area (TPSA) is 55.1 Å². The molecular weight excluding hydrogens is 236 g/mol. The maximum Gasteiger partial charge on any atom is 0.227 e. The Labute approximate surface area is 116 Å². The summed E-state index contributed by atoms with van der Waals surface area (Å²) in [6.45, 7) is 8.44. The first-order valence-electron chi connectivity index (χ1n) is 7.04. The van der Waals surface area contributed by atoms with Crippen molar-refractivity contribution in [3.05, 3.63) is 35.4 Å². The van der Waals surface area contributed by atoms with Crippen LogP contribution < -0.4 is 11.1 Å². The first kappa shape index (κ1) is 15.7. The standard InChI is InChI=1S/C16H26N2O/c1-5-14(13-9-7-12(3)8-10-13)18-15(19)16(4,6-2)11-17/h7-10,14H,5-6,11,17H2,1-4H3,(H,18,19). The van der Waals surface area contributed by atoms with E-state index in [0.717, 1.165) is 18.4 Å². The van der Waals surface area contributed by atoms with Crippen LogP contribution >= 0.6 is 0 Å². The van der Waals surface area contributed by atoms with Crippen molar-refractivity contribution in [2.45, 2.75) is 46.6 Å². The lowest BCUT2D eigenvalue weighted by molar-refractivity contribution is -0.130. The molecule has 2 unspecified atom stereocenters. The fraction of sp³-hybridized carbons (Fsp3) is 0.562. The van der Waals surface area contributed by atoms with Gasteiger partial charge in [-0.25, -0.2) is 0 Å². The van der Waals surface area contributed by atoms with Crippen LogP contribution in [0, 0.1) is 12.3 Å². The van der Waals surface area contributed by atoms with Crippen LogP contribution in [0.1, 0.15) is 50.8 Å². The lowest BCUT2D eigenvalue weighted by atomic mass is 9.86. The van der Waals surface area contributed by atoms with E-state index in [0.29, 0.717) is 6.54 Å². The first-order chi connectivity index (χ1) is 8.96. The van der Waals surface area contributed by atoms with Crippen molar-refractivity contribution < 1.29 is 4.79 Å². The molecule has 0 aliphatic rings. The Morgan fingerprint density at radius 2 is 1.89 bits per heavy atom. The highest BCUT2D eigenvalue weighted by Gasteiger charge is 2.31. The third-order valence-electron chi connectivity index (χ3n) is 3.97. The van der Waals surface area contributed by atoms with Crippen molar-refractivity contribution in [3.63, 3.8) is 0 Å². The molecule has 1 aromatic carbocycles. The van der Waals surface area contributed by atoms with Gasteiger partial charge >= 0.3 is 0 Å². The highest BCUT2D eigenvalue weighted by Crippen LogP contribution is 2.23. The Bertz CT molecular complexity index is 407. The summed E-state index contributed by atoms with van der Waals surface area (Å²) in [5, 5.41) is 3.13. The summed E-state index contributed by atoms with van der Waals surface area (Å²) in [6.07, 6.45) is 1.62. The predicted molar refractivity (Wildman–Crippen MR) is 79.8 cm³/mol. The third kappa shape index (κ3) is 3.80. The van der Waals surface area contributed by atoms with Crippen LogP contribution in [0.4, 0.5) is 0 Å². The van der Waals surface area contributed by atoms with Gasteiger partial charge in [0.05, 0.1) is 11.5 Å². The van der Waals surface area contributed by atoms with Crippen molar-refractivity contribution in [1.82, 2.24) is 5.32 Å². The quantitative estimate of drug-likeness (QED) is 0.828. The monoisotopic (exact) mass is 262 g/mol. The van der Waals surface area contributed by atoms with E-state index in [1.165, 1.54) is 5.56 Å². The van der Waals surface area contributed by atoms with E-state index in [9.17, 15) is 4.79 Å². The zero-order valence-corrected chi connectivity index (χ0v) is 12.5. The Morgan fingerprint density at radius 1 is 1.32 bits per heavy atom. The maximum atomic E-state index is 12.3. The van der Waals surface area contributed by atoms with E-state index < -0.39 is 5.41 Å². The molecule has 3 heteroatoms. The van der Waals surface area contributed by atoms with Crippen LogP contribution in [0.25, 0.3) is 0 Å². The molecule has 0 bridgehead atoms. The minimum absolute atomic E-state index is 0.0462. The molecule has 0 aliphatic heterocycles. The highest BCUT2D eigenvalue weighted by molar-refractivity contribution is 5.82. The van der Waals surface area contributed by atoms with Gasteiger partial charge < -0.3 is 11.1 Å². The average molecular weight is 262 g/mol. The van der Waals surface area contributed by atoms with Gasteiger partial charge in [0, 0.05) is 6.54 Å². The van der Waals surface area contributed by atoms with Crippen molar-refractivity contribution in [3.8, 4) is 0 Å². The molecule has 0 saturated carbocycles. The summed E-state index contributed by atoms with van der Waals surface area (Å²) < 4.78 is 0. The second-order valence-corrected chi connectivity index (χ2v) is 5.46. The van der Waals surface area contributed by atoms with Gasteiger partial charge in [-0.2, -0.15) is 0 Å². The van der Waals surface area contributed by atoms with Gasteiger partial charge in [-0.05, 0) is 32.3 Å². The molecule has 2 atom stereocenters. The number of hydrogen-bond donors (Lipinski definition) is 2. The number of benzene rings is 1. The van der Waals surface area contributed by atoms with Crippen molar-refractivity contribution in [2.24, 2.45) is 11.1 Å². The van der Waals surface area contributed by atoms with Crippen LogP contribution in [0.5, 0.6) is 0 Å². The van der Waals surface area contributed by atoms with Crippen LogP contribution in [0.15, 0.2) is 24.3 Å². The number of amides is 1. The van der Waals surface area contributed by atoms with Gasteiger partial charge in [0.2, 0.25) is 5.91 Å². The van der Waals surface area contributed by atoms with E-state index in [-0.39, 0.29) is 11.9 Å². The van der Waals surface area contributed by atoms with Crippen molar-refractivity contribution >= 4 is 5.91 Å². The molecular formula is C16H26N2O. The molecule has 1 amide bonds. The van der Waals surface area contributed by atoms with E-state index in [1.807, 2.05) is 13.8 Å². The zero-order valence-electron chi connectivity index (χ0n) is 12.5. The summed E-state index contributed by atoms with van der Waals surface area (Å²) in [5.41, 5.74) is 7.64. The van der Waals surface area contributed by atoms with E-state index >= 15 is 0 Å². The van der Waals surface area contributed by atoms with Crippen LogP contribution in [-0.2, 0) is 4.79 Å². The Hall–Kier alpha value is -1.35. The molecule has 106 valence electrons. The van der Waals surface area contributed by atoms with E-state index in [4.69, 9.17) is 5.73 Å². The van der Waals surface area contributed by atoms with Crippen LogP contribution in [-0.4, -0.2) is 12.5 Å². The van der Waals surface area contributed by atoms with Gasteiger partial charge in [0.25, 0.3) is 0 Å². The van der Waals surface area contributed by atoms with Crippen LogP contribution in [0.2, 0.25) is 0 Å². The molecule has 1 rings (SSSR count). The molecule has 0 fully saturated rings. The lowest BCUT2D eigenvalue weighted by Gasteiger charge is -2.28. The molecule has 19 heavy (non-hydrogen) atoms. The van der Waals surface area contributed by atoms with E-state index in [1.54, 1.807) is 0 Å². The Kier molecular flexibility index (Phi) is 5.55. The number of carbonyl (C=O) groups is 1. The number of carbonyl (C=O) groups excluding carboxylic acids is 1. The molecule has 0 spiro atoms. The molecule has 0 aliphatic carbocycles. The maximum absolute atomic E-state index is 12.3. The molecule has 3 N–H and O–H groups in total. The van der Waals surface area contributed by atoms with Gasteiger partial charge in [-0.3, -0.25) is 4.79 Å².